The predicted molar refractivity (Wildman–Crippen MR) is 159 cm³/mol. The number of hydrogen-bond donors (Lipinski definition) is 0. The Morgan fingerprint density at radius 3 is 1.06 bits per heavy atom. The van der Waals surface area contributed by atoms with Crippen molar-refractivity contribution in [1.29, 1.82) is 0 Å². The van der Waals surface area contributed by atoms with Gasteiger partial charge < -0.3 is 0 Å². The zero-order valence-electron chi connectivity index (χ0n) is 26.2. The molecule has 0 bridgehead atoms. The highest BCUT2D eigenvalue weighted by Gasteiger charge is 2.36. The summed E-state index contributed by atoms with van der Waals surface area (Å²) in [5.41, 5.74) is 11.0. The zero-order valence-corrected chi connectivity index (χ0v) is 26.2. The first kappa shape index (κ1) is 29.7. The molecule has 0 radical (unpaired) electrons. The van der Waals surface area contributed by atoms with Crippen LogP contribution in [-0.2, 0) is 27.1 Å². The standard InChI is InChI=1S/C35H56/c1-17-24(29-25(32(5,6)7)19-18-20-26(29)33(8,9)10)30-27(34(11,12)13)21-23(31(2,3)4)22-28(30)35(14,15)16/h18-22,24H,17H2,1-16H3. The summed E-state index contributed by atoms with van der Waals surface area (Å²) in [5.74, 6) is 0.358. The first-order valence-corrected chi connectivity index (χ1v) is 13.8. The fraction of sp³-hybridized carbons (Fsp3) is 0.657. The van der Waals surface area contributed by atoms with Gasteiger partial charge in [0, 0.05) is 5.92 Å². The molecule has 0 saturated heterocycles. The summed E-state index contributed by atoms with van der Waals surface area (Å²) < 4.78 is 0. The summed E-state index contributed by atoms with van der Waals surface area (Å²) >= 11 is 0. The van der Waals surface area contributed by atoms with E-state index in [2.05, 4.69) is 141 Å². The van der Waals surface area contributed by atoms with Crippen LogP contribution in [0.2, 0.25) is 0 Å². The highest BCUT2D eigenvalue weighted by Crippen LogP contribution is 2.48. The maximum atomic E-state index is 2.55. The monoisotopic (exact) mass is 476 g/mol. The summed E-state index contributed by atoms with van der Waals surface area (Å²) in [6, 6.07) is 12.2. The second-order valence-electron chi connectivity index (χ2n) is 16.0. The van der Waals surface area contributed by atoms with Gasteiger partial charge in [-0.3, -0.25) is 0 Å². The summed E-state index contributed by atoms with van der Waals surface area (Å²) in [6.45, 7) is 38.1. The maximum Gasteiger partial charge on any atom is 0.00984 e. The van der Waals surface area contributed by atoms with E-state index in [0.717, 1.165) is 6.42 Å². The Hall–Kier alpha value is -1.56. The topological polar surface area (TPSA) is 0 Å². The van der Waals surface area contributed by atoms with Crippen molar-refractivity contribution in [1.82, 2.24) is 0 Å². The van der Waals surface area contributed by atoms with Gasteiger partial charge in [-0.1, -0.05) is 141 Å². The molecule has 1 unspecified atom stereocenters. The van der Waals surface area contributed by atoms with Crippen molar-refractivity contribution in [2.75, 3.05) is 0 Å². The smallest absolute Gasteiger partial charge is 0.00984 e. The van der Waals surface area contributed by atoms with E-state index in [1.54, 1.807) is 11.1 Å². The van der Waals surface area contributed by atoms with Crippen LogP contribution in [0.15, 0.2) is 30.3 Å². The minimum absolute atomic E-state index is 0.0581. The average molecular weight is 477 g/mol. The lowest BCUT2D eigenvalue weighted by Crippen LogP contribution is -2.28. The van der Waals surface area contributed by atoms with Gasteiger partial charge in [0.25, 0.3) is 0 Å². The molecule has 0 aliphatic rings. The Labute approximate surface area is 219 Å². The SMILES string of the molecule is CCC(c1c(C(C)(C)C)cccc1C(C)(C)C)c1c(C(C)(C)C)cc(C(C)(C)C)cc1C(C)(C)C. The first-order valence-electron chi connectivity index (χ1n) is 13.8. The highest BCUT2D eigenvalue weighted by atomic mass is 14.4. The van der Waals surface area contributed by atoms with E-state index in [0.29, 0.717) is 5.92 Å². The van der Waals surface area contributed by atoms with E-state index in [9.17, 15) is 0 Å². The fourth-order valence-electron chi connectivity index (χ4n) is 5.50. The Morgan fingerprint density at radius 1 is 0.486 bits per heavy atom. The molecule has 35 heavy (non-hydrogen) atoms. The van der Waals surface area contributed by atoms with E-state index >= 15 is 0 Å². The van der Waals surface area contributed by atoms with Crippen LogP contribution in [-0.4, -0.2) is 0 Å². The summed E-state index contributed by atoms with van der Waals surface area (Å²) in [4.78, 5) is 0. The third-order valence-electron chi connectivity index (χ3n) is 7.49. The van der Waals surface area contributed by atoms with Crippen molar-refractivity contribution in [3.05, 3.63) is 69.3 Å². The normalized spacial score (nSPS) is 14.9. The average Bonchev–Trinajstić information content (AvgIpc) is 2.64. The first-order chi connectivity index (χ1) is 15.5. The molecule has 0 N–H and O–H groups in total. The fourth-order valence-corrected chi connectivity index (χ4v) is 5.50. The molecule has 196 valence electrons. The van der Waals surface area contributed by atoms with Gasteiger partial charge in [-0.25, -0.2) is 0 Å². The molecule has 0 heterocycles. The van der Waals surface area contributed by atoms with Crippen LogP contribution in [0, 0.1) is 0 Å². The second kappa shape index (κ2) is 9.39. The summed E-state index contributed by atoms with van der Waals surface area (Å²) in [6.07, 6.45) is 1.09. The molecule has 1 atom stereocenters. The highest BCUT2D eigenvalue weighted by molar-refractivity contribution is 5.56. The molecule has 0 fully saturated rings. The largest absolute Gasteiger partial charge is 0.0645 e. The second-order valence-corrected chi connectivity index (χ2v) is 16.0. The van der Waals surface area contributed by atoms with E-state index in [1.807, 2.05) is 0 Å². The number of hydrogen-bond acceptors (Lipinski definition) is 0. The molecule has 2 aromatic rings. The molecular weight excluding hydrogens is 420 g/mol. The lowest BCUT2D eigenvalue weighted by Gasteiger charge is -2.39. The van der Waals surface area contributed by atoms with E-state index < -0.39 is 0 Å². The predicted octanol–water partition coefficient (Wildman–Crippen LogP) is 10.7. The molecule has 0 heteroatoms. The molecule has 0 nitrogen and oxygen atoms in total. The quantitative estimate of drug-likeness (QED) is 0.413. The molecule has 0 aliphatic carbocycles. The van der Waals surface area contributed by atoms with Gasteiger partial charge in [0.2, 0.25) is 0 Å². The summed E-state index contributed by atoms with van der Waals surface area (Å²) in [7, 11) is 0. The molecule has 0 amide bonds. The van der Waals surface area contributed by atoms with Gasteiger partial charge in [0.15, 0.2) is 0 Å². The van der Waals surface area contributed by atoms with Gasteiger partial charge in [-0.05, 0) is 72.4 Å². The van der Waals surface area contributed by atoms with Gasteiger partial charge in [-0.15, -0.1) is 0 Å². The van der Waals surface area contributed by atoms with Crippen LogP contribution in [0.25, 0.3) is 0 Å². The molecule has 0 aliphatic heterocycles. The Balaban J connectivity index is 3.19. The van der Waals surface area contributed by atoms with Crippen molar-refractivity contribution < 1.29 is 0 Å². The van der Waals surface area contributed by atoms with Crippen molar-refractivity contribution >= 4 is 0 Å². The minimum atomic E-state index is 0.0581. The Morgan fingerprint density at radius 2 is 0.800 bits per heavy atom. The van der Waals surface area contributed by atoms with E-state index in [4.69, 9.17) is 0 Å². The van der Waals surface area contributed by atoms with E-state index in [-0.39, 0.29) is 27.1 Å². The molecule has 0 saturated carbocycles. The maximum absolute atomic E-state index is 2.55. The Kier molecular flexibility index (Phi) is 7.96. The summed E-state index contributed by atoms with van der Waals surface area (Å²) in [5, 5.41) is 0. The lowest BCUT2D eigenvalue weighted by molar-refractivity contribution is 0.516. The Bertz CT molecular complexity index is 961. The number of rotatable bonds is 3. The van der Waals surface area contributed by atoms with Crippen LogP contribution >= 0.6 is 0 Å². The van der Waals surface area contributed by atoms with Crippen molar-refractivity contribution in [3.63, 3.8) is 0 Å². The van der Waals surface area contributed by atoms with Crippen LogP contribution in [0.5, 0.6) is 0 Å². The third kappa shape index (κ3) is 6.42. The van der Waals surface area contributed by atoms with Crippen molar-refractivity contribution in [2.45, 2.75) is 150 Å². The van der Waals surface area contributed by atoms with Gasteiger partial charge >= 0.3 is 0 Å². The van der Waals surface area contributed by atoms with E-state index in [1.165, 1.54) is 27.8 Å². The lowest BCUT2D eigenvalue weighted by atomic mass is 9.65. The van der Waals surface area contributed by atoms with Gasteiger partial charge in [-0.2, -0.15) is 0 Å². The van der Waals surface area contributed by atoms with Gasteiger partial charge in [0.1, 0.15) is 0 Å². The number of benzene rings is 2. The molecule has 2 rings (SSSR count). The third-order valence-corrected chi connectivity index (χ3v) is 7.49. The van der Waals surface area contributed by atoms with Crippen molar-refractivity contribution in [3.8, 4) is 0 Å². The molecule has 0 aromatic heterocycles. The van der Waals surface area contributed by atoms with Crippen LogP contribution in [0.3, 0.4) is 0 Å². The van der Waals surface area contributed by atoms with Crippen molar-refractivity contribution in [2.24, 2.45) is 0 Å². The van der Waals surface area contributed by atoms with Crippen LogP contribution in [0.4, 0.5) is 0 Å². The van der Waals surface area contributed by atoms with Gasteiger partial charge in [0.05, 0.1) is 0 Å². The van der Waals surface area contributed by atoms with Crippen LogP contribution in [0.1, 0.15) is 162 Å². The molecule has 0 spiro atoms. The zero-order chi connectivity index (χ0) is 27.4. The van der Waals surface area contributed by atoms with Crippen LogP contribution < -0.4 is 0 Å². The molecule has 2 aromatic carbocycles. The molecular formula is C35H56. The minimum Gasteiger partial charge on any atom is -0.0645 e.